The fourth-order valence-electron chi connectivity index (χ4n) is 3.54. The SMILES string of the molecule is Cc1cc(C)n(-c2ccc(Cl)c(C(=O)NCCc3nc4cc(C)c(C)cc4[nH]3)c2)n1. The van der Waals surface area contributed by atoms with Gasteiger partial charge in [-0.3, -0.25) is 4.79 Å². The van der Waals surface area contributed by atoms with Crippen LogP contribution in [-0.2, 0) is 6.42 Å². The van der Waals surface area contributed by atoms with Crippen LogP contribution >= 0.6 is 11.6 Å². The number of fused-ring (bicyclic) bond motifs is 1. The Balaban J connectivity index is 1.46. The highest BCUT2D eigenvalue weighted by atomic mass is 35.5. The first kappa shape index (κ1) is 20.2. The normalized spacial score (nSPS) is 11.2. The fraction of sp³-hybridized carbons (Fsp3) is 0.261. The molecule has 2 heterocycles. The first-order chi connectivity index (χ1) is 14.3. The van der Waals surface area contributed by atoms with Crippen LogP contribution in [0.1, 0.15) is 38.7 Å². The maximum absolute atomic E-state index is 12.7. The van der Waals surface area contributed by atoms with Gasteiger partial charge >= 0.3 is 0 Å². The van der Waals surface area contributed by atoms with Crippen LogP contribution in [0.5, 0.6) is 0 Å². The number of hydrogen-bond donors (Lipinski definition) is 2. The molecule has 0 aliphatic rings. The number of hydrogen-bond acceptors (Lipinski definition) is 3. The molecule has 154 valence electrons. The van der Waals surface area contributed by atoms with Gasteiger partial charge in [0.1, 0.15) is 5.82 Å². The largest absolute Gasteiger partial charge is 0.352 e. The van der Waals surface area contributed by atoms with Crippen molar-refractivity contribution < 1.29 is 4.79 Å². The number of nitrogens with one attached hydrogen (secondary N) is 2. The Morgan fingerprint density at radius 3 is 2.60 bits per heavy atom. The standard InChI is InChI=1S/C23H24ClN5O/c1-13-9-20-21(10-14(13)2)27-22(26-20)7-8-25-23(30)18-12-17(5-6-19(18)24)29-16(4)11-15(3)28-29/h5-6,9-12H,7-8H2,1-4H3,(H,25,30)(H,26,27). The van der Waals surface area contributed by atoms with E-state index >= 15 is 0 Å². The fourth-order valence-corrected chi connectivity index (χ4v) is 3.74. The minimum atomic E-state index is -0.216. The summed E-state index contributed by atoms with van der Waals surface area (Å²) in [6, 6.07) is 11.5. The van der Waals surface area contributed by atoms with Crippen molar-refractivity contribution in [1.82, 2.24) is 25.1 Å². The van der Waals surface area contributed by atoms with E-state index in [1.54, 1.807) is 16.8 Å². The van der Waals surface area contributed by atoms with E-state index in [0.717, 1.165) is 33.9 Å². The maximum Gasteiger partial charge on any atom is 0.252 e. The highest BCUT2D eigenvalue weighted by molar-refractivity contribution is 6.33. The van der Waals surface area contributed by atoms with Gasteiger partial charge in [-0.15, -0.1) is 0 Å². The monoisotopic (exact) mass is 421 g/mol. The average molecular weight is 422 g/mol. The Morgan fingerprint density at radius 2 is 1.87 bits per heavy atom. The number of benzene rings is 2. The van der Waals surface area contributed by atoms with Crippen molar-refractivity contribution in [1.29, 1.82) is 0 Å². The Labute approximate surface area is 180 Å². The third kappa shape index (κ3) is 3.96. The molecule has 0 unspecified atom stereocenters. The second-order valence-corrected chi connectivity index (χ2v) is 8.05. The quantitative estimate of drug-likeness (QED) is 0.494. The van der Waals surface area contributed by atoms with Gasteiger partial charge in [-0.25, -0.2) is 9.67 Å². The van der Waals surface area contributed by atoms with Gasteiger partial charge in [0.25, 0.3) is 5.91 Å². The molecule has 2 aromatic heterocycles. The van der Waals surface area contributed by atoms with Crippen LogP contribution in [0.25, 0.3) is 16.7 Å². The number of imidazole rings is 1. The van der Waals surface area contributed by atoms with Gasteiger partial charge in [-0.05, 0) is 75.2 Å². The number of amides is 1. The average Bonchev–Trinajstić information content (AvgIpc) is 3.24. The smallest absolute Gasteiger partial charge is 0.252 e. The molecule has 2 N–H and O–H groups in total. The number of aryl methyl sites for hydroxylation is 4. The highest BCUT2D eigenvalue weighted by Gasteiger charge is 2.14. The molecular weight excluding hydrogens is 398 g/mol. The third-order valence-corrected chi connectivity index (χ3v) is 5.57. The lowest BCUT2D eigenvalue weighted by molar-refractivity contribution is 0.0954. The van der Waals surface area contributed by atoms with E-state index < -0.39 is 0 Å². The molecule has 6 nitrogen and oxygen atoms in total. The number of aromatic nitrogens is 4. The van der Waals surface area contributed by atoms with Crippen molar-refractivity contribution in [3.8, 4) is 5.69 Å². The summed E-state index contributed by atoms with van der Waals surface area (Å²) in [7, 11) is 0. The molecule has 0 saturated heterocycles. The van der Waals surface area contributed by atoms with Crippen LogP contribution < -0.4 is 5.32 Å². The number of aromatic amines is 1. The maximum atomic E-state index is 12.7. The van der Waals surface area contributed by atoms with E-state index in [9.17, 15) is 4.79 Å². The summed E-state index contributed by atoms with van der Waals surface area (Å²) in [4.78, 5) is 20.7. The van der Waals surface area contributed by atoms with E-state index in [0.29, 0.717) is 23.6 Å². The Bertz CT molecular complexity index is 1220. The second kappa shape index (κ2) is 7.95. The van der Waals surface area contributed by atoms with Crippen LogP contribution in [0.4, 0.5) is 0 Å². The minimum Gasteiger partial charge on any atom is -0.352 e. The Hall–Kier alpha value is -3.12. The van der Waals surface area contributed by atoms with E-state index in [2.05, 4.69) is 46.4 Å². The predicted molar refractivity (Wildman–Crippen MR) is 120 cm³/mol. The molecule has 4 aromatic rings. The summed E-state index contributed by atoms with van der Waals surface area (Å²) in [5.41, 5.74) is 7.55. The predicted octanol–water partition coefficient (Wildman–Crippen LogP) is 4.61. The van der Waals surface area contributed by atoms with E-state index in [-0.39, 0.29) is 5.91 Å². The number of carbonyl (C=O) groups excluding carboxylic acids is 1. The first-order valence-electron chi connectivity index (χ1n) is 9.89. The summed E-state index contributed by atoms with van der Waals surface area (Å²) in [6.45, 7) is 8.53. The molecule has 0 bridgehead atoms. The van der Waals surface area contributed by atoms with Crippen LogP contribution in [0.3, 0.4) is 0 Å². The third-order valence-electron chi connectivity index (χ3n) is 5.24. The number of carbonyl (C=O) groups is 1. The van der Waals surface area contributed by atoms with Gasteiger partial charge in [-0.2, -0.15) is 5.10 Å². The van der Waals surface area contributed by atoms with Crippen LogP contribution in [0.2, 0.25) is 5.02 Å². The van der Waals surface area contributed by atoms with Crippen molar-refractivity contribution in [2.75, 3.05) is 6.54 Å². The molecule has 0 spiro atoms. The zero-order chi connectivity index (χ0) is 21.4. The number of rotatable bonds is 5. The Morgan fingerprint density at radius 1 is 1.10 bits per heavy atom. The summed E-state index contributed by atoms with van der Waals surface area (Å²) in [5.74, 6) is 0.629. The lowest BCUT2D eigenvalue weighted by Gasteiger charge is -2.10. The van der Waals surface area contributed by atoms with E-state index in [1.807, 2.05) is 26.0 Å². The summed E-state index contributed by atoms with van der Waals surface area (Å²) >= 11 is 6.29. The van der Waals surface area contributed by atoms with Crippen LogP contribution in [0.15, 0.2) is 36.4 Å². The van der Waals surface area contributed by atoms with Gasteiger partial charge in [0.05, 0.1) is 33.0 Å². The van der Waals surface area contributed by atoms with Crippen molar-refractivity contribution in [3.63, 3.8) is 0 Å². The highest BCUT2D eigenvalue weighted by Crippen LogP contribution is 2.21. The van der Waals surface area contributed by atoms with Crippen molar-refractivity contribution in [2.45, 2.75) is 34.1 Å². The first-order valence-corrected chi connectivity index (χ1v) is 10.3. The zero-order valence-electron chi connectivity index (χ0n) is 17.5. The molecule has 0 radical (unpaired) electrons. The summed E-state index contributed by atoms with van der Waals surface area (Å²) in [6.07, 6.45) is 0.604. The molecule has 0 fully saturated rings. The molecule has 0 aliphatic carbocycles. The van der Waals surface area contributed by atoms with E-state index in [1.165, 1.54) is 11.1 Å². The molecule has 7 heteroatoms. The van der Waals surface area contributed by atoms with Crippen molar-refractivity contribution >= 4 is 28.5 Å². The number of nitrogens with zero attached hydrogens (tertiary/aromatic N) is 3. The topological polar surface area (TPSA) is 75.6 Å². The number of halogens is 1. The second-order valence-electron chi connectivity index (χ2n) is 7.65. The van der Waals surface area contributed by atoms with Gasteiger partial charge in [0.15, 0.2) is 0 Å². The van der Waals surface area contributed by atoms with Crippen molar-refractivity contribution in [2.24, 2.45) is 0 Å². The van der Waals surface area contributed by atoms with E-state index in [4.69, 9.17) is 11.6 Å². The molecule has 0 atom stereocenters. The Kier molecular flexibility index (Phi) is 5.35. The molecule has 0 aliphatic heterocycles. The zero-order valence-corrected chi connectivity index (χ0v) is 18.3. The molecule has 0 saturated carbocycles. The van der Waals surface area contributed by atoms with Gasteiger partial charge < -0.3 is 10.3 Å². The van der Waals surface area contributed by atoms with Gasteiger partial charge in [0.2, 0.25) is 0 Å². The van der Waals surface area contributed by atoms with Crippen LogP contribution in [0, 0.1) is 27.7 Å². The number of H-pyrrole nitrogens is 1. The van der Waals surface area contributed by atoms with Crippen molar-refractivity contribution in [3.05, 3.63) is 75.3 Å². The molecule has 4 rings (SSSR count). The summed E-state index contributed by atoms with van der Waals surface area (Å²) in [5, 5.41) is 7.83. The van der Waals surface area contributed by atoms with Gasteiger partial charge in [-0.1, -0.05) is 11.6 Å². The minimum absolute atomic E-state index is 0.216. The molecule has 30 heavy (non-hydrogen) atoms. The summed E-state index contributed by atoms with van der Waals surface area (Å²) < 4.78 is 1.81. The van der Waals surface area contributed by atoms with Gasteiger partial charge in [0, 0.05) is 18.7 Å². The molecule has 1 amide bonds. The molecular formula is C23H24ClN5O. The molecule has 2 aromatic carbocycles. The lowest BCUT2D eigenvalue weighted by Crippen LogP contribution is -2.26. The lowest BCUT2D eigenvalue weighted by atomic mass is 10.1. The van der Waals surface area contributed by atoms with Crippen LogP contribution in [-0.4, -0.2) is 32.2 Å².